The monoisotopic (exact) mass is 497 g/mol. The molecule has 12 nitrogen and oxygen atoms in total. The number of nitrogens with one attached hydrogen (secondary N) is 2. The van der Waals surface area contributed by atoms with Crippen molar-refractivity contribution in [3.8, 4) is 5.75 Å². The lowest BCUT2D eigenvalue weighted by Gasteiger charge is -2.46. The minimum Gasteiger partial charge on any atom is -0.458 e. The van der Waals surface area contributed by atoms with E-state index in [4.69, 9.17) is 10.6 Å². The molecule has 2 heterocycles. The van der Waals surface area contributed by atoms with Crippen LogP contribution in [-0.2, 0) is 4.79 Å². The fourth-order valence-corrected chi connectivity index (χ4v) is 4.65. The number of amides is 5. The largest absolute Gasteiger partial charge is 0.458 e. The van der Waals surface area contributed by atoms with Crippen molar-refractivity contribution in [2.75, 3.05) is 18.4 Å². The normalized spacial score (nSPS) is 22.7. The van der Waals surface area contributed by atoms with Crippen molar-refractivity contribution < 1.29 is 19.1 Å². The molecule has 5 amide bonds. The predicted octanol–water partition coefficient (Wildman–Crippen LogP) is 3.06. The van der Waals surface area contributed by atoms with Crippen LogP contribution in [0.3, 0.4) is 0 Å². The first-order valence-corrected chi connectivity index (χ1v) is 12.1. The van der Waals surface area contributed by atoms with E-state index in [0.717, 1.165) is 35.6 Å². The third kappa shape index (κ3) is 5.48. The summed E-state index contributed by atoms with van der Waals surface area (Å²) in [6, 6.07) is 5.09. The Balaban J connectivity index is 1.47. The number of hydrazine groups is 1. The Hall–Kier alpha value is -3.93. The van der Waals surface area contributed by atoms with E-state index in [1.165, 1.54) is 18.7 Å². The van der Waals surface area contributed by atoms with E-state index in [-0.39, 0.29) is 12.6 Å². The molecule has 1 aromatic carbocycles. The molecule has 2 aliphatic heterocycles. The number of dihydropyridines is 1. The van der Waals surface area contributed by atoms with E-state index in [1.54, 1.807) is 42.2 Å². The Morgan fingerprint density at radius 2 is 1.89 bits per heavy atom. The molecule has 0 aromatic heterocycles. The van der Waals surface area contributed by atoms with Crippen molar-refractivity contribution >= 4 is 23.7 Å². The molecule has 12 heteroatoms. The first-order valence-electron chi connectivity index (χ1n) is 12.1. The smallest absolute Gasteiger partial charge is 0.345 e. The van der Waals surface area contributed by atoms with Gasteiger partial charge in [0.25, 0.3) is 0 Å². The first kappa shape index (κ1) is 25.2. The van der Waals surface area contributed by atoms with Gasteiger partial charge in [-0.1, -0.05) is 19.3 Å². The highest BCUT2D eigenvalue weighted by atomic mass is 16.5. The average molecular weight is 498 g/mol. The summed E-state index contributed by atoms with van der Waals surface area (Å²) in [5, 5.41) is 9.41. The van der Waals surface area contributed by atoms with E-state index in [0.29, 0.717) is 29.7 Å². The van der Waals surface area contributed by atoms with Gasteiger partial charge in [0, 0.05) is 30.2 Å². The Labute approximate surface area is 209 Å². The molecular formula is C24H31N7O5. The Morgan fingerprint density at radius 1 is 1.17 bits per heavy atom. The molecule has 1 aliphatic carbocycles. The van der Waals surface area contributed by atoms with Crippen LogP contribution in [0.1, 0.15) is 39.0 Å². The van der Waals surface area contributed by atoms with Crippen LogP contribution in [0.15, 0.2) is 53.6 Å². The molecule has 1 aromatic rings. The second-order valence-electron chi connectivity index (χ2n) is 8.99. The zero-order chi connectivity index (χ0) is 25.7. The molecule has 1 saturated carbocycles. The number of rotatable bonds is 8. The molecular weight excluding hydrogens is 466 g/mol. The molecule has 4 rings (SSSR count). The standard InChI is InChI=1S/C24H31N7O5/c1-2-29-23(33)30(15-16-6-4-3-5-7-16)22(31(25)24(29)34)27-17-8-10-18(11-9-17)36-19-12-13-26-20(14-19)21(32)28-35/h8-14,16,20,22,26-27H,2-7,15,25H2,1H3. The number of nitrogens with two attached hydrogens (primary N) is 1. The lowest BCUT2D eigenvalue weighted by atomic mass is 9.89. The van der Waals surface area contributed by atoms with Gasteiger partial charge in [-0.2, -0.15) is 0 Å². The topological polar surface area (TPSA) is 150 Å². The number of nitroso groups, excluding NO2 is 1. The summed E-state index contributed by atoms with van der Waals surface area (Å²) < 4.78 is 5.78. The molecule has 0 bridgehead atoms. The Bertz CT molecular complexity index is 1050. The summed E-state index contributed by atoms with van der Waals surface area (Å²) in [4.78, 5) is 50.7. The molecule has 2 fully saturated rings. The van der Waals surface area contributed by atoms with Crippen LogP contribution in [-0.4, -0.2) is 58.2 Å². The number of ether oxygens (including phenoxy) is 1. The lowest BCUT2D eigenvalue weighted by Crippen LogP contribution is -2.71. The van der Waals surface area contributed by atoms with Gasteiger partial charge in [-0.3, -0.25) is 9.69 Å². The molecule has 192 valence electrons. The fourth-order valence-electron chi connectivity index (χ4n) is 4.65. The van der Waals surface area contributed by atoms with E-state index in [9.17, 15) is 19.3 Å². The number of carbonyl (C=O) groups is 3. The van der Waals surface area contributed by atoms with E-state index < -0.39 is 24.3 Å². The van der Waals surface area contributed by atoms with Crippen LogP contribution in [0.25, 0.3) is 0 Å². The highest BCUT2D eigenvalue weighted by Gasteiger charge is 2.43. The third-order valence-electron chi connectivity index (χ3n) is 6.58. The number of carbonyl (C=O) groups excluding carboxylic acids is 3. The minimum atomic E-state index is -0.877. The van der Waals surface area contributed by atoms with Crippen molar-refractivity contribution in [3.63, 3.8) is 0 Å². The first-order chi connectivity index (χ1) is 17.4. The van der Waals surface area contributed by atoms with Gasteiger partial charge in [0.2, 0.25) is 0 Å². The quantitative estimate of drug-likeness (QED) is 0.282. The van der Waals surface area contributed by atoms with Gasteiger partial charge >= 0.3 is 18.0 Å². The zero-order valence-electron chi connectivity index (χ0n) is 20.1. The van der Waals surface area contributed by atoms with Gasteiger partial charge in [-0.15, -0.1) is 4.91 Å². The minimum absolute atomic E-state index is 0.237. The van der Waals surface area contributed by atoms with E-state index in [2.05, 4.69) is 15.8 Å². The van der Waals surface area contributed by atoms with Gasteiger partial charge in [0.1, 0.15) is 17.6 Å². The average Bonchev–Trinajstić information content (AvgIpc) is 2.91. The number of anilines is 1. The summed E-state index contributed by atoms with van der Waals surface area (Å²) in [5.74, 6) is 6.56. The lowest BCUT2D eigenvalue weighted by molar-refractivity contribution is -0.118. The molecule has 3 aliphatic rings. The Morgan fingerprint density at radius 3 is 2.56 bits per heavy atom. The summed E-state index contributed by atoms with van der Waals surface area (Å²) in [6.07, 6.45) is 9.32. The van der Waals surface area contributed by atoms with Crippen LogP contribution in [0, 0.1) is 10.8 Å². The molecule has 0 radical (unpaired) electrons. The molecule has 0 spiro atoms. The Kier molecular flexibility index (Phi) is 7.84. The van der Waals surface area contributed by atoms with Crippen LogP contribution < -0.4 is 21.2 Å². The zero-order valence-corrected chi connectivity index (χ0v) is 20.1. The second-order valence-corrected chi connectivity index (χ2v) is 8.99. The maximum Gasteiger partial charge on any atom is 0.345 e. The highest BCUT2D eigenvalue weighted by molar-refractivity contribution is 5.96. The summed E-state index contributed by atoms with van der Waals surface area (Å²) in [6.45, 7) is 2.50. The number of urea groups is 2. The number of hydrogen-bond donors (Lipinski definition) is 3. The van der Waals surface area contributed by atoms with Gasteiger partial charge in [0.15, 0.2) is 6.29 Å². The number of nitrogens with zero attached hydrogens (tertiary/aromatic N) is 4. The summed E-state index contributed by atoms with van der Waals surface area (Å²) in [5.41, 5.74) is 0.634. The van der Waals surface area contributed by atoms with Crippen molar-refractivity contribution in [2.24, 2.45) is 16.9 Å². The van der Waals surface area contributed by atoms with Gasteiger partial charge in [-0.05, 0) is 62.1 Å². The second kappa shape index (κ2) is 11.2. The third-order valence-corrected chi connectivity index (χ3v) is 6.58. The van der Waals surface area contributed by atoms with Crippen LogP contribution >= 0.6 is 0 Å². The molecule has 1 saturated heterocycles. The molecule has 2 unspecified atom stereocenters. The van der Waals surface area contributed by atoms with Crippen molar-refractivity contribution in [2.45, 2.75) is 51.4 Å². The molecule has 4 N–H and O–H groups in total. The molecule has 36 heavy (non-hydrogen) atoms. The van der Waals surface area contributed by atoms with Crippen molar-refractivity contribution in [3.05, 3.63) is 53.3 Å². The summed E-state index contributed by atoms with van der Waals surface area (Å²) >= 11 is 0. The molecule has 2 atom stereocenters. The maximum absolute atomic E-state index is 13.2. The van der Waals surface area contributed by atoms with Crippen molar-refractivity contribution in [1.82, 2.24) is 20.1 Å². The van der Waals surface area contributed by atoms with Crippen LogP contribution in [0.4, 0.5) is 15.3 Å². The SMILES string of the molecule is CCN1C(=O)N(N)C(Nc2ccc(OC3=CC(C(=O)N=O)NC=C3)cc2)N(CC2CCCCC2)C1=O. The van der Waals surface area contributed by atoms with Crippen LogP contribution in [0.2, 0.25) is 0 Å². The number of hydrogen-bond acceptors (Lipinski definition) is 8. The number of benzene rings is 1. The maximum atomic E-state index is 13.2. The van der Waals surface area contributed by atoms with E-state index >= 15 is 0 Å². The van der Waals surface area contributed by atoms with Gasteiger partial charge in [0.05, 0.1) is 0 Å². The summed E-state index contributed by atoms with van der Waals surface area (Å²) in [7, 11) is 0. The highest BCUT2D eigenvalue weighted by Crippen LogP contribution is 2.28. The van der Waals surface area contributed by atoms with E-state index in [1.807, 2.05) is 0 Å². The predicted molar refractivity (Wildman–Crippen MR) is 132 cm³/mol. The number of allylic oxidation sites excluding steroid dienone is 1. The van der Waals surface area contributed by atoms with Gasteiger partial charge < -0.3 is 15.4 Å². The number of imide groups is 1. The van der Waals surface area contributed by atoms with Crippen LogP contribution in [0.5, 0.6) is 5.75 Å². The van der Waals surface area contributed by atoms with Crippen molar-refractivity contribution in [1.29, 1.82) is 0 Å². The van der Waals surface area contributed by atoms with Gasteiger partial charge in [-0.25, -0.2) is 25.3 Å². The fraction of sp³-hybridized carbons (Fsp3) is 0.458.